The summed E-state index contributed by atoms with van der Waals surface area (Å²) in [5.41, 5.74) is 2.52. The lowest BCUT2D eigenvalue weighted by Gasteiger charge is -2.10. The molecule has 0 amide bonds. The van der Waals surface area contributed by atoms with Crippen molar-refractivity contribution in [1.29, 1.82) is 0 Å². The topological polar surface area (TPSA) is 52.6 Å². The lowest BCUT2D eigenvalue weighted by atomic mass is 10.0. The van der Waals surface area contributed by atoms with E-state index in [9.17, 15) is 9.59 Å². The molecule has 0 radical (unpaired) electrons. The summed E-state index contributed by atoms with van der Waals surface area (Å²) in [6.07, 6.45) is 4.41. The molecule has 2 aromatic rings. The van der Waals surface area contributed by atoms with Gasteiger partial charge >= 0.3 is 11.9 Å². The Balaban J connectivity index is 1.93. The van der Waals surface area contributed by atoms with Crippen molar-refractivity contribution >= 4 is 11.9 Å². The van der Waals surface area contributed by atoms with Crippen LogP contribution in [0.15, 0.2) is 48.5 Å². The fourth-order valence-electron chi connectivity index (χ4n) is 2.64. The smallest absolute Gasteiger partial charge is 0.338 e. The Kier molecular flexibility index (Phi) is 8.73. The van der Waals surface area contributed by atoms with Gasteiger partial charge in [-0.05, 0) is 47.7 Å². The van der Waals surface area contributed by atoms with Crippen molar-refractivity contribution in [3.8, 4) is 16.9 Å². The van der Waals surface area contributed by atoms with Gasteiger partial charge in [-0.1, -0.05) is 64.3 Å². The molecule has 150 valence electrons. The Morgan fingerprint density at radius 2 is 1.50 bits per heavy atom. The first-order valence-electron chi connectivity index (χ1n) is 10.1. The Morgan fingerprint density at radius 3 is 2.07 bits per heavy atom. The second kappa shape index (κ2) is 11.3. The minimum atomic E-state index is -0.294. The van der Waals surface area contributed by atoms with E-state index in [1.807, 2.05) is 24.3 Å². The molecule has 0 heterocycles. The summed E-state index contributed by atoms with van der Waals surface area (Å²) in [7, 11) is 0. The lowest BCUT2D eigenvalue weighted by Crippen LogP contribution is -2.11. The van der Waals surface area contributed by atoms with E-state index in [-0.39, 0.29) is 11.9 Å². The zero-order valence-corrected chi connectivity index (χ0v) is 17.1. The van der Waals surface area contributed by atoms with Crippen LogP contribution in [0, 0.1) is 5.92 Å². The molecule has 0 saturated heterocycles. The van der Waals surface area contributed by atoms with Crippen LogP contribution in [-0.4, -0.2) is 18.5 Å². The summed E-state index contributed by atoms with van der Waals surface area (Å²) < 4.78 is 10.7. The van der Waals surface area contributed by atoms with Crippen molar-refractivity contribution in [3.63, 3.8) is 0 Å². The Morgan fingerprint density at radius 1 is 0.893 bits per heavy atom. The van der Waals surface area contributed by atoms with Gasteiger partial charge in [-0.2, -0.15) is 0 Å². The van der Waals surface area contributed by atoms with Gasteiger partial charge in [0.05, 0.1) is 12.2 Å². The molecule has 4 nitrogen and oxygen atoms in total. The largest absolute Gasteiger partial charge is 0.462 e. The van der Waals surface area contributed by atoms with Crippen molar-refractivity contribution in [2.45, 2.75) is 52.9 Å². The minimum absolute atomic E-state index is 0.193. The minimum Gasteiger partial charge on any atom is -0.462 e. The number of benzene rings is 2. The quantitative estimate of drug-likeness (QED) is 0.285. The highest BCUT2D eigenvalue weighted by atomic mass is 16.5. The maximum Gasteiger partial charge on any atom is 0.338 e. The third-order valence-corrected chi connectivity index (χ3v) is 4.72. The van der Waals surface area contributed by atoms with Crippen molar-refractivity contribution in [2.24, 2.45) is 5.92 Å². The lowest BCUT2D eigenvalue weighted by molar-refractivity contribution is -0.134. The van der Waals surface area contributed by atoms with Gasteiger partial charge in [0.25, 0.3) is 0 Å². The van der Waals surface area contributed by atoms with E-state index in [1.54, 1.807) is 24.3 Å². The highest BCUT2D eigenvalue weighted by Crippen LogP contribution is 2.23. The number of carbonyl (C=O) groups excluding carboxylic acids is 2. The molecule has 0 aromatic heterocycles. The molecular weight excluding hydrogens is 352 g/mol. The molecule has 0 fully saturated rings. The van der Waals surface area contributed by atoms with Crippen molar-refractivity contribution in [3.05, 3.63) is 54.1 Å². The van der Waals surface area contributed by atoms with Gasteiger partial charge in [0.2, 0.25) is 0 Å². The molecular formula is C24H30O4. The third kappa shape index (κ3) is 6.84. The van der Waals surface area contributed by atoms with Crippen LogP contribution >= 0.6 is 0 Å². The Bertz CT molecular complexity index is 747. The summed E-state index contributed by atoms with van der Waals surface area (Å²) in [4.78, 5) is 23.9. The summed E-state index contributed by atoms with van der Waals surface area (Å²) in [5.74, 6) is 0.427. The number of ether oxygens (including phenoxy) is 2. The Hall–Kier alpha value is -2.62. The van der Waals surface area contributed by atoms with E-state index in [4.69, 9.17) is 9.47 Å². The number of esters is 2. The zero-order chi connectivity index (χ0) is 20.4. The van der Waals surface area contributed by atoms with Gasteiger partial charge in [-0.25, -0.2) is 4.79 Å². The van der Waals surface area contributed by atoms with E-state index in [1.165, 1.54) is 0 Å². The van der Waals surface area contributed by atoms with E-state index >= 15 is 0 Å². The van der Waals surface area contributed by atoms with E-state index in [0.717, 1.165) is 36.8 Å². The number of rotatable bonds is 10. The monoisotopic (exact) mass is 382 g/mol. The normalized spacial score (nSPS) is 11.7. The highest BCUT2D eigenvalue weighted by molar-refractivity contribution is 5.90. The van der Waals surface area contributed by atoms with Crippen LogP contribution in [0.25, 0.3) is 11.1 Å². The molecule has 1 atom stereocenters. The van der Waals surface area contributed by atoms with Gasteiger partial charge in [0.1, 0.15) is 5.75 Å². The molecule has 1 unspecified atom stereocenters. The number of hydrogen-bond donors (Lipinski definition) is 0. The molecule has 0 aliphatic carbocycles. The molecule has 4 heteroatoms. The summed E-state index contributed by atoms with van der Waals surface area (Å²) in [6, 6.07) is 14.7. The van der Waals surface area contributed by atoms with E-state index in [0.29, 0.717) is 30.3 Å². The van der Waals surface area contributed by atoms with Crippen LogP contribution in [0.1, 0.15) is 63.2 Å². The van der Waals surface area contributed by atoms with Gasteiger partial charge in [0.15, 0.2) is 0 Å². The zero-order valence-electron chi connectivity index (χ0n) is 17.1. The molecule has 0 aliphatic rings. The third-order valence-electron chi connectivity index (χ3n) is 4.72. The van der Waals surface area contributed by atoms with Crippen LogP contribution in [0.3, 0.4) is 0 Å². The molecule has 28 heavy (non-hydrogen) atoms. The number of unbranched alkanes of at least 4 members (excludes halogenated alkanes) is 2. The van der Waals surface area contributed by atoms with Gasteiger partial charge < -0.3 is 9.47 Å². The maximum atomic E-state index is 12.1. The molecule has 2 rings (SSSR count). The van der Waals surface area contributed by atoms with E-state index < -0.39 is 0 Å². The predicted molar refractivity (Wildman–Crippen MR) is 111 cm³/mol. The van der Waals surface area contributed by atoms with Crippen LogP contribution in [0.2, 0.25) is 0 Å². The number of hydrogen-bond acceptors (Lipinski definition) is 4. The van der Waals surface area contributed by atoms with E-state index in [2.05, 4.69) is 20.8 Å². The molecule has 0 bridgehead atoms. The SMILES string of the molecule is CCCCCC(=O)Oc1ccc(-c2ccc(C(=O)OCC(C)CC)cc2)cc1. The molecule has 0 saturated carbocycles. The first-order chi connectivity index (χ1) is 13.5. The molecule has 0 aliphatic heterocycles. The second-order valence-corrected chi connectivity index (χ2v) is 7.14. The van der Waals surface area contributed by atoms with Crippen LogP contribution in [-0.2, 0) is 9.53 Å². The fraction of sp³-hybridized carbons (Fsp3) is 0.417. The van der Waals surface area contributed by atoms with Crippen molar-refractivity contribution < 1.29 is 19.1 Å². The molecule has 0 N–H and O–H groups in total. The molecule has 2 aromatic carbocycles. The second-order valence-electron chi connectivity index (χ2n) is 7.14. The van der Waals surface area contributed by atoms with Crippen molar-refractivity contribution in [1.82, 2.24) is 0 Å². The van der Waals surface area contributed by atoms with Crippen LogP contribution in [0.4, 0.5) is 0 Å². The average molecular weight is 383 g/mol. The van der Waals surface area contributed by atoms with Crippen LogP contribution in [0.5, 0.6) is 5.75 Å². The van der Waals surface area contributed by atoms with Crippen molar-refractivity contribution in [2.75, 3.05) is 6.61 Å². The summed E-state index contributed by atoms with van der Waals surface area (Å²) in [6.45, 7) is 6.68. The molecule has 0 spiro atoms. The number of carbonyl (C=O) groups is 2. The highest BCUT2D eigenvalue weighted by Gasteiger charge is 2.10. The first kappa shape index (κ1) is 21.7. The maximum absolute atomic E-state index is 12.1. The van der Waals surface area contributed by atoms with Gasteiger partial charge in [-0.15, -0.1) is 0 Å². The average Bonchev–Trinajstić information content (AvgIpc) is 2.72. The fourth-order valence-corrected chi connectivity index (χ4v) is 2.64. The first-order valence-corrected chi connectivity index (χ1v) is 10.1. The van der Waals surface area contributed by atoms with Gasteiger partial charge in [0, 0.05) is 6.42 Å². The summed E-state index contributed by atoms with van der Waals surface area (Å²) >= 11 is 0. The Labute approximate surface area is 167 Å². The standard InChI is InChI=1S/C24H30O4/c1-4-6-7-8-23(25)28-22-15-13-20(14-16-22)19-9-11-21(12-10-19)24(26)27-17-18(3)5-2/h9-16,18H,4-8,17H2,1-3H3. The van der Waals surface area contributed by atoms with Gasteiger partial charge in [-0.3, -0.25) is 4.79 Å². The predicted octanol–water partition coefficient (Wildman–Crippen LogP) is 6.04. The van der Waals surface area contributed by atoms with Crippen LogP contribution < -0.4 is 4.74 Å². The summed E-state index contributed by atoms with van der Waals surface area (Å²) in [5, 5.41) is 0.